The number of nitrogens with one attached hydrogen (secondary N) is 1. The summed E-state index contributed by atoms with van der Waals surface area (Å²) < 4.78 is 49.7. The molecule has 3 rings (SSSR count). The van der Waals surface area contributed by atoms with Gasteiger partial charge in [-0.1, -0.05) is 36.4 Å². The number of halogens is 3. The van der Waals surface area contributed by atoms with Crippen LogP contribution in [0.1, 0.15) is 35.2 Å². The quantitative estimate of drug-likeness (QED) is 0.202. The summed E-state index contributed by atoms with van der Waals surface area (Å²) in [6.07, 6.45) is 0.331. The number of amides is 1. The number of phenols is 2. The molecule has 0 aliphatic carbocycles. The van der Waals surface area contributed by atoms with Gasteiger partial charge >= 0.3 is 6.18 Å². The van der Waals surface area contributed by atoms with E-state index in [1.54, 1.807) is 0 Å². The Kier molecular flexibility index (Phi) is 10.1. The van der Waals surface area contributed by atoms with Gasteiger partial charge in [0.15, 0.2) is 34.6 Å². The topological polar surface area (TPSA) is 122 Å². The zero-order chi connectivity index (χ0) is 31.0. The van der Waals surface area contributed by atoms with Crippen LogP contribution in [0.15, 0.2) is 72.8 Å². The largest absolute Gasteiger partial charge is 0.504 e. The first-order valence-electron chi connectivity index (χ1n) is 12.5. The van der Waals surface area contributed by atoms with Crippen molar-refractivity contribution in [3.05, 3.63) is 95.1 Å². The van der Waals surface area contributed by atoms with Crippen molar-refractivity contribution < 1.29 is 47.2 Å². The van der Waals surface area contributed by atoms with Crippen molar-refractivity contribution in [1.82, 2.24) is 5.32 Å². The van der Waals surface area contributed by atoms with Gasteiger partial charge < -0.3 is 25.0 Å². The van der Waals surface area contributed by atoms with E-state index in [1.165, 1.54) is 62.8 Å². The first-order chi connectivity index (χ1) is 19.8. The van der Waals surface area contributed by atoms with E-state index in [-0.39, 0.29) is 28.6 Å². The van der Waals surface area contributed by atoms with E-state index in [9.17, 15) is 37.8 Å². The van der Waals surface area contributed by atoms with E-state index in [1.807, 2.05) is 0 Å². The van der Waals surface area contributed by atoms with Gasteiger partial charge in [-0.3, -0.25) is 14.4 Å². The maximum Gasteiger partial charge on any atom is 0.416 e. The Morgan fingerprint density at radius 2 is 1.24 bits per heavy atom. The summed E-state index contributed by atoms with van der Waals surface area (Å²) in [5, 5.41) is 22.2. The number of benzene rings is 3. The van der Waals surface area contributed by atoms with Crippen LogP contribution in [0.3, 0.4) is 0 Å². The Labute approximate surface area is 239 Å². The number of aromatic hydroxyl groups is 2. The van der Waals surface area contributed by atoms with Crippen molar-refractivity contribution in [2.24, 2.45) is 5.92 Å². The number of carbonyl (C=O) groups is 3. The predicted octanol–water partition coefficient (Wildman–Crippen LogP) is 5.49. The van der Waals surface area contributed by atoms with Crippen LogP contribution in [0.5, 0.6) is 23.0 Å². The monoisotopic (exact) mass is 583 g/mol. The summed E-state index contributed by atoms with van der Waals surface area (Å²) in [7, 11) is 2.70. The maximum absolute atomic E-state index is 13.6. The lowest BCUT2D eigenvalue weighted by Crippen LogP contribution is -2.39. The molecule has 0 aliphatic rings. The number of alkyl halides is 3. The van der Waals surface area contributed by atoms with Crippen molar-refractivity contribution in [3.63, 3.8) is 0 Å². The van der Waals surface area contributed by atoms with E-state index in [4.69, 9.17) is 9.47 Å². The molecule has 3 aromatic carbocycles. The van der Waals surface area contributed by atoms with Gasteiger partial charge in [0.1, 0.15) is 5.92 Å². The molecule has 0 fully saturated rings. The Morgan fingerprint density at radius 3 is 1.62 bits per heavy atom. The van der Waals surface area contributed by atoms with E-state index in [0.717, 1.165) is 43.3 Å². The number of carbonyl (C=O) groups excluding carboxylic acids is 3. The van der Waals surface area contributed by atoms with Crippen LogP contribution < -0.4 is 14.8 Å². The molecule has 0 saturated heterocycles. The molecule has 8 nitrogen and oxygen atoms in total. The molecule has 11 heteroatoms. The molecule has 0 spiro atoms. The molecule has 42 heavy (non-hydrogen) atoms. The van der Waals surface area contributed by atoms with Crippen molar-refractivity contribution in [1.29, 1.82) is 0 Å². The molecule has 0 saturated carbocycles. The summed E-state index contributed by atoms with van der Waals surface area (Å²) in [4.78, 5) is 39.2. The van der Waals surface area contributed by atoms with Crippen LogP contribution in [0, 0.1) is 5.92 Å². The van der Waals surface area contributed by atoms with Crippen molar-refractivity contribution in [2.45, 2.75) is 19.1 Å². The number of phenolic OH excluding ortho intramolecular Hbond substituents is 2. The summed E-state index contributed by atoms with van der Waals surface area (Å²) in [5.74, 6) is -3.66. The number of hydrogen-bond acceptors (Lipinski definition) is 7. The molecule has 1 amide bonds. The molecular formula is C31H28F3NO7. The normalized spacial score (nSPS) is 13.1. The smallest absolute Gasteiger partial charge is 0.416 e. The molecule has 0 bridgehead atoms. The molecular weight excluding hydrogens is 555 g/mol. The highest BCUT2D eigenvalue weighted by Gasteiger charge is 2.35. The fourth-order valence-corrected chi connectivity index (χ4v) is 4.09. The minimum absolute atomic E-state index is 0.101. The average Bonchev–Trinajstić information content (AvgIpc) is 2.95. The van der Waals surface area contributed by atoms with Crippen LogP contribution in [-0.2, 0) is 20.6 Å². The molecule has 1 unspecified atom stereocenters. The van der Waals surface area contributed by atoms with Gasteiger partial charge in [0.25, 0.3) is 0 Å². The third-order valence-corrected chi connectivity index (χ3v) is 6.19. The minimum Gasteiger partial charge on any atom is -0.504 e. The zero-order valence-corrected chi connectivity index (χ0v) is 22.8. The first-order valence-corrected chi connectivity index (χ1v) is 12.5. The summed E-state index contributed by atoms with van der Waals surface area (Å²) in [6.45, 7) is 1.15. The standard InChI is InChI=1S/C31H28F3NO7/c1-18(36)35-30(21-8-10-22(11-9-21)31(32,33)34)29(25(39)14-6-19-4-12-23(37)27(16-19)41-2)26(40)15-7-20-5-13-24(38)28(17-20)42-3/h4-17,29-30,37-38H,1-3H3,(H,35,36). The van der Waals surface area contributed by atoms with Gasteiger partial charge in [-0.05, 0) is 65.2 Å². The van der Waals surface area contributed by atoms with Gasteiger partial charge in [0, 0.05) is 6.92 Å². The number of rotatable bonds is 11. The van der Waals surface area contributed by atoms with Crippen LogP contribution in [-0.4, -0.2) is 41.9 Å². The van der Waals surface area contributed by atoms with Gasteiger partial charge in [0.2, 0.25) is 5.91 Å². The van der Waals surface area contributed by atoms with E-state index in [2.05, 4.69) is 5.32 Å². The van der Waals surface area contributed by atoms with Gasteiger partial charge in [-0.25, -0.2) is 0 Å². The predicted molar refractivity (Wildman–Crippen MR) is 149 cm³/mol. The van der Waals surface area contributed by atoms with Gasteiger partial charge in [-0.2, -0.15) is 13.2 Å². The summed E-state index contributed by atoms with van der Waals surface area (Å²) >= 11 is 0. The molecule has 3 aromatic rings. The van der Waals surface area contributed by atoms with Crippen molar-refractivity contribution in [3.8, 4) is 23.0 Å². The van der Waals surface area contributed by atoms with Crippen molar-refractivity contribution >= 4 is 29.6 Å². The molecule has 0 radical (unpaired) electrons. The number of hydrogen-bond donors (Lipinski definition) is 3. The van der Waals surface area contributed by atoms with Crippen LogP contribution in [0.25, 0.3) is 12.2 Å². The van der Waals surface area contributed by atoms with Crippen molar-refractivity contribution in [2.75, 3.05) is 14.2 Å². The SMILES string of the molecule is COc1cc(C=CC(=O)C(C(=O)C=Cc2ccc(O)c(OC)c2)C(NC(C)=O)c2ccc(C(F)(F)F)cc2)ccc1O. The fourth-order valence-electron chi connectivity index (χ4n) is 4.09. The second-order valence-electron chi connectivity index (χ2n) is 9.11. The van der Waals surface area contributed by atoms with E-state index >= 15 is 0 Å². The Balaban J connectivity index is 2.06. The summed E-state index contributed by atoms with van der Waals surface area (Å²) in [5.41, 5.74) is 0.0525. The zero-order valence-electron chi connectivity index (χ0n) is 22.8. The fraction of sp³-hybridized carbons (Fsp3) is 0.194. The number of ether oxygens (including phenoxy) is 2. The lowest BCUT2D eigenvalue weighted by molar-refractivity contribution is -0.138. The minimum atomic E-state index is -4.62. The first kappa shape index (κ1) is 31.5. The lowest BCUT2D eigenvalue weighted by atomic mass is 9.85. The molecule has 0 aromatic heterocycles. The van der Waals surface area contributed by atoms with Gasteiger partial charge in [-0.15, -0.1) is 0 Å². The maximum atomic E-state index is 13.6. The molecule has 0 heterocycles. The number of methoxy groups -OCH3 is 2. The van der Waals surface area contributed by atoms with Crippen LogP contribution in [0.4, 0.5) is 13.2 Å². The Hall–Kier alpha value is -5.06. The van der Waals surface area contributed by atoms with E-state index in [0.29, 0.717) is 11.1 Å². The highest BCUT2D eigenvalue weighted by Crippen LogP contribution is 2.33. The second-order valence-corrected chi connectivity index (χ2v) is 9.11. The van der Waals surface area contributed by atoms with Gasteiger partial charge in [0.05, 0.1) is 25.8 Å². The third kappa shape index (κ3) is 8.00. The lowest BCUT2D eigenvalue weighted by Gasteiger charge is -2.25. The number of ketones is 2. The molecule has 3 N–H and O–H groups in total. The van der Waals surface area contributed by atoms with Crippen LogP contribution >= 0.6 is 0 Å². The van der Waals surface area contributed by atoms with Crippen LogP contribution in [0.2, 0.25) is 0 Å². The average molecular weight is 584 g/mol. The molecule has 1 atom stereocenters. The number of allylic oxidation sites excluding steroid dienone is 2. The van der Waals surface area contributed by atoms with E-state index < -0.39 is 41.2 Å². The Bertz CT molecular complexity index is 1440. The molecule has 220 valence electrons. The second kappa shape index (κ2) is 13.5. The summed E-state index contributed by atoms with van der Waals surface area (Å²) in [6, 6.07) is 11.1. The Morgan fingerprint density at radius 1 is 0.786 bits per heavy atom. The molecule has 0 aliphatic heterocycles. The third-order valence-electron chi connectivity index (χ3n) is 6.19. The highest BCUT2D eigenvalue weighted by atomic mass is 19.4. The highest BCUT2D eigenvalue weighted by molar-refractivity contribution is 6.14.